The Hall–Kier alpha value is -2.49. The van der Waals surface area contributed by atoms with Gasteiger partial charge in [0.1, 0.15) is 5.82 Å². The third-order valence-electron chi connectivity index (χ3n) is 7.76. The van der Waals surface area contributed by atoms with Crippen molar-refractivity contribution in [2.24, 2.45) is 17.8 Å². The van der Waals surface area contributed by atoms with Crippen molar-refractivity contribution < 1.29 is 22.3 Å². The van der Waals surface area contributed by atoms with Crippen molar-refractivity contribution >= 4 is 21.6 Å². The van der Waals surface area contributed by atoms with E-state index >= 15 is 0 Å². The van der Waals surface area contributed by atoms with Gasteiger partial charge in [0.05, 0.1) is 23.8 Å². The lowest BCUT2D eigenvalue weighted by Crippen LogP contribution is -2.37. The maximum atomic E-state index is 14.6. The van der Waals surface area contributed by atoms with Crippen LogP contribution in [-0.2, 0) is 20.2 Å². The van der Waals surface area contributed by atoms with Gasteiger partial charge in [-0.05, 0) is 59.1 Å². The molecule has 0 aromatic heterocycles. The van der Waals surface area contributed by atoms with Crippen molar-refractivity contribution in [2.75, 3.05) is 50.8 Å². The summed E-state index contributed by atoms with van der Waals surface area (Å²) >= 11 is 0. The summed E-state index contributed by atoms with van der Waals surface area (Å²) in [4.78, 5) is 14.9. The Bertz CT molecular complexity index is 1220. The van der Waals surface area contributed by atoms with E-state index in [-0.39, 0.29) is 29.1 Å². The largest absolute Gasteiger partial charge is 0.378 e. The number of rotatable bonds is 6. The molecule has 9 heteroatoms. The molecule has 0 spiro atoms. The van der Waals surface area contributed by atoms with E-state index in [9.17, 15) is 17.6 Å². The maximum Gasteiger partial charge on any atom is 0.251 e. The quantitative estimate of drug-likeness (QED) is 0.639. The van der Waals surface area contributed by atoms with Gasteiger partial charge in [-0.1, -0.05) is 32.9 Å². The molecule has 2 aliphatic heterocycles. The van der Waals surface area contributed by atoms with Crippen LogP contribution >= 0.6 is 0 Å². The Morgan fingerprint density at radius 1 is 1.06 bits per heavy atom. The number of fused-ring (bicyclic) bond motifs is 1. The van der Waals surface area contributed by atoms with Crippen molar-refractivity contribution in [1.29, 1.82) is 0 Å². The zero-order chi connectivity index (χ0) is 25.7. The Morgan fingerprint density at radius 3 is 2.28 bits per heavy atom. The predicted molar refractivity (Wildman–Crippen MR) is 136 cm³/mol. The molecule has 0 bridgehead atoms. The van der Waals surface area contributed by atoms with Gasteiger partial charge in [0, 0.05) is 38.3 Å². The number of amides is 1. The monoisotopic (exact) mass is 515 g/mol. The van der Waals surface area contributed by atoms with Gasteiger partial charge in [0.15, 0.2) is 0 Å². The minimum atomic E-state index is -3.53. The predicted octanol–water partition coefficient (Wildman–Crippen LogP) is 3.26. The van der Waals surface area contributed by atoms with E-state index in [1.54, 1.807) is 28.6 Å². The first kappa shape index (κ1) is 25.2. The summed E-state index contributed by atoms with van der Waals surface area (Å²) in [7, 11) is -3.53. The molecule has 2 aromatic carbocycles. The van der Waals surface area contributed by atoms with Gasteiger partial charge in [-0.25, -0.2) is 12.8 Å². The molecular formula is C27H34FN3O4S. The number of ether oxygens (including phenoxy) is 1. The van der Waals surface area contributed by atoms with Crippen LogP contribution in [0.5, 0.6) is 0 Å². The van der Waals surface area contributed by atoms with Gasteiger partial charge in [0.2, 0.25) is 10.0 Å². The Morgan fingerprint density at radius 2 is 1.69 bits per heavy atom. The number of nitrogens with zero attached hydrogens (tertiary/aromatic N) is 2. The molecule has 7 nitrogen and oxygen atoms in total. The molecule has 3 fully saturated rings. The fraction of sp³-hybridized carbons (Fsp3) is 0.519. The zero-order valence-electron chi connectivity index (χ0n) is 21.0. The van der Waals surface area contributed by atoms with E-state index in [0.29, 0.717) is 62.1 Å². The number of hydrogen-bond donors (Lipinski definition) is 1. The summed E-state index contributed by atoms with van der Waals surface area (Å²) in [5, 5.41) is 2.91. The zero-order valence-corrected chi connectivity index (χ0v) is 21.9. The maximum absolute atomic E-state index is 14.6. The minimum absolute atomic E-state index is 0.0359. The molecule has 2 unspecified atom stereocenters. The summed E-state index contributed by atoms with van der Waals surface area (Å²) < 4.78 is 47.7. The van der Waals surface area contributed by atoms with Crippen LogP contribution in [0.25, 0.3) is 0 Å². The lowest BCUT2D eigenvalue weighted by molar-refractivity contribution is 0.0949. The second-order valence-electron chi connectivity index (χ2n) is 11.1. The number of carbonyl (C=O) groups excluding carboxylic acids is 1. The first-order valence-electron chi connectivity index (χ1n) is 12.6. The van der Waals surface area contributed by atoms with Crippen LogP contribution in [0.4, 0.5) is 10.1 Å². The van der Waals surface area contributed by atoms with E-state index in [2.05, 4.69) is 26.1 Å². The second-order valence-corrected chi connectivity index (χ2v) is 13.0. The third-order valence-corrected chi connectivity index (χ3v) is 9.60. The highest BCUT2D eigenvalue weighted by Gasteiger charge is 2.57. The number of anilines is 1. The van der Waals surface area contributed by atoms with Crippen LogP contribution in [0.1, 0.15) is 36.7 Å². The molecule has 3 aliphatic rings. The number of morpholine rings is 1. The number of piperidine rings is 1. The number of nitrogens with one attached hydrogen (secondary N) is 1. The first-order chi connectivity index (χ1) is 17.1. The number of sulfonamides is 1. The van der Waals surface area contributed by atoms with Crippen molar-refractivity contribution in [2.45, 2.75) is 31.1 Å². The van der Waals surface area contributed by atoms with Crippen molar-refractivity contribution in [1.82, 2.24) is 9.62 Å². The lowest BCUT2D eigenvalue weighted by atomic mass is 9.87. The first-order valence-corrected chi connectivity index (χ1v) is 14.0. The van der Waals surface area contributed by atoms with Gasteiger partial charge in [-0.2, -0.15) is 4.31 Å². The van der Waals surface area contributed by atoms with E-state index in [1.165, 1.54) is 6.07 Å². The van der Waals surface area contributed by atoms with E-state index in [4.69, 9.17) is 4.74 Å². The van der Waals surface area contributed by atoms with E-state index in [0.717, 1.165) is 5.56 Å². The van der Waals surface area contributed by atoms with Crippen molar-refractivity contribution in [3.05, 3.63) is 59.4 Å². The number of hydrogen-bond acceptors (Lipinski definition) is 5. The number of halogens is 1. The Labute approximate surface area is 212 Å². The summed E-state index contributed by atoms with van der Waals surface area (Å²) in [6, 6.07) is 11.8. The topological polar surface area (TPSA) is 79.0 Å². The average Bonchev–Trinajstić information content (AvgIpc) is 3.29. The molecule has 1 amide bonds. The van der Waals surface area contributed by atoms with Crippen LogP contribution in [0.3, 0.4) is 0 Å². The summed E-state index contributed by atoms with van der Waals surface area (Å²) in [6.07, 6.45) is 0. The standard InChI is InChI=1S/C27H34FN3O4S/c1-27(2,3)19-5-7-20(8-6-19)36(33,34)31-16-22-21(23(22)17-31)15-29-26(32)18-4-9-25(24(28)14-18)30-10-12-35-13-11-30/h4-9,14,21-23H,10-13,15-17H2,1-3H3,(H,29,32). The highest BCUT2D eigenvalue weighted by molar-refractivity contribution is 7.89. The Balaban J connectivity index is 1.13. The molecule has 2 aromatic rings. The molecule has 0 radical (unpaired) electrons. The van der Waals surface area contributed by atoms with E-state index in [1.807, 2.05) is 17.0 Å². The average molecular weight is 516 g/mol. The second kappa shape index (κ2) is 9.43. The Kier molecular flexibility index (Phi) is 6.59. The summed E-state index contributed by atoms with van der Waals surface area (Å²) in [6.45, 7) is 10.1. The van der Waals surface area contributed by atoms with Crippen LogP contribution < -0.4 is 10.2 Å². The SMILES string of the molecule is CC(C)(C)c1ccc(S(=O)(=O)N2CC3C(CNC(=O)c4ccc(N5CCOCC5)c(F)c4)C3C2)cc1. The van der Waals surface area contributed by atoms with Crippen LogP contribution in [0.15, 0.2) is 47.4 Å². The highest BCUT2D eigenvalue weighted by atomic mass is 32.2. The van der Waals surface area contributed by atoms with Gasteiger partial charge >= 0.3 is 0 Å². The molecule has 2 saturated heterocycles. The molecule has 2 atom stereocenters. The molecule has 1 N–H and O–H groups in total. The minimum Gasteiger partial charge on any atom is -0.378 e. The van der Waals surface area contributed by atoms with Gasteiger partial charge < -0.3 is 15.0 Å². The molecule has 5 rings (SSSR count). The van der Waals surface area contributed by atoms with Crippen molar-refractivity contribution in [3.63, 3.8) is 0 Å². The van der Waals surface area contributed by atoms with Gasteiger partial charge in [0.25, 0.3) is 5.91 Å². The van der Waals surface area contributed by atoms with Crippen LogP contribution in [-0.4, -0.2) is 64.6 Å². The lowest BCUT2D eigenvalue weighted by Gasteiger charge is -2.29. The van der Waals surface area contributed by atoms with Gasteiger partial charge in [-0.15, -0.1) is 0 Å². The van der Waals surface area contributed by atoms with Crippen molar-refractivity contribution in [3.8, 4) is 0 Å². The molecule has 36 heavy (non-hydrogen) atoms. The van der Waals surface area contributed by atoms with E-state index < -0.39 is 15.8 Å². The molecule has 1 saturated carbocycles. The number of carbonyl (C=O) groups is 1. The third kappa shape index (κ3) is 4.88. The summed E-state index contributed by atoms with van der Waals surface area (Å²) in [5.41, 5.74) is 1.84. The molecule has 2 heterocycles. The molecule has 1 aliphatic carbocycles. The fourth-order valence-electron chi connectivity index (χ4n) is 5.41. The van der Waals surface area contributed by atoms with Crippen LogP contribution in [0, 0.1) is 23.6 Å². The smallest absolute Gasteiger partial charge is 0.251 e. The normalized spacial score (nSPS) is 24.4. The highest BCUT2D eigenvalue weighted by Crippen LogP contribution is 2.52. The van der Waals surface area contributed by atoms with Crippen LogP contribution in [0.2, 0.25) is 0 Å². The number of benzene rings is 2. The fourth-order valence-corrected chi connectivity index (χ4v) is 6.92. The molecular weight excluding hydrogens is 481 g/mol. The molecule has 194 valence electrons. The van der Waals surface area contributed by atoms with Gasteiger partial charge in [-0.3, -0.25) is 4.79 Å². The summed E-state index contributed by atoms with van der Waals surface area (Å²) in [5.74, 6) is 0.0184.